The molecule has 19 heavy (non-hydrogen) atoms. The van der Waals surface area contributed by atoms with E-state index in [1.54, 1.807) is 29.2 Å². The third-order valence-corrected chi connectivity index (χ3v) is 4.76. The first-order valence-corrected chi connectivity index (χ1v) is 7.48. The minimum Gasteiger partial charge on any atom is -0.478 e. The molecule has 2 aromatic rings. The molecule has 0 bridgehead atoms. The Balaban J connectivity index is 1.97. The highest BCUT2D eigenvalue weighted by atomic mass is 32.2. The number of aliphatic carboxylic acids is 1. The number of carboxylic acid groups (broad SMARTS) is 1. The lowest BCUT2D eigenvalue weighted by atomic mass is 10.4. The van der Waals surface area contributed by atoms with Gasteiger partial charge in [0.05, 0.1) is 10.7 Å². The summed E-state index contributed by atoms with van der Waals surface area (Å²) >= 11 is 3.34. The van der Waals surface area contributed by atoms with Crippen molar-refractivity contribution >= 4 is 35.1 Å². The number of aromatic nitrogens is 2. The molecule has 2 rings (SSSR count). The molecule has 0 aliphatic carbocycles. The molecule has 0 unspecified atom stereocenters. The first kappa shape index (κ1) is 13.9. The van der Waals surface area contributed by atoms with Crippen molar-refractivity contribution in [3.63, 3.8) is 0 Å². The zero-order valence-corrected chi connectivity index (χ0v) is 12.3. The minimum atomic E-state index is -0.922. The predicted molar refractivity (Wildman–Crippen MR) is 78.5 cm³/mol. The Morgan fingerprint density at radius 1 is 1.58 bits per heavy atom. The van der Waals surface area contributed by atoms with Crippen LogP contribution < -0.4 is 0 Å². The highest BCUT2D eigenvalue weighted by molar-refractivity contribution is 7.98. The lowest BCUT2D eigenvalue weighted by Gasteiger charge is -1.99. The van der Waals surface area contributed by atoms with Crippen LogP contribution in [0.4, 0.5) is 0 Å². The summed E-state index contributed by atoms with van der Waals surface area (Å²) in [5, 5.41) is 14.0. The zero-order chi connectivity index (χ0) is 13.8. The summed E-state index contributed by atoms with van der Waals surface area (Å²) in [5.74, 6) is -0.0560. The number of aryl methyl sites for hydroxylation is 2. The molecule has 6 heteroatoms. The van der Waals surface area contributed by atoms with Crippen LogP contribution in [0.2, 0.25) is 0 Å². The first-order valence-electron chi connectivity index (χ1n) is 5.68. The van der Waals surface area contributed by atoms with Gasteiger partial charge in [-0.3, -0.25) is 4.68 Å². The van der Waals surface area contributed by atoms with E-state index < -0.39 is 5.97 Å². The molecule has 0 amide bonds. The molecule has 0 aromatic carbocycles. The molecule has 4 nitrogen and oxygen atoms in total. The van der Waals surface area contributed by atoms with Crippen LogP contribution in [0.5, 0.6) is 0 Å². The molecular weight excluding hydrogens is 280 g/mol. The van der Waals surface area contributed by atoms with Crippen LogP contribution in [0.1, 0.15) is 15.4 Å². The van der Waals surface area contributed by atoms with Gasteiger partial charge in [0, 0.05) is 28.6 Å². The molecular formula is C13H14N2O2S2. The Morgan fingerprint density at radius 2 is 2.37 bits per heavy atom. The van der Waals surface area contributed by atoms with Gasteiger partial charge >= 0.3 is 5.97 Å². The number of nitrogens with zero attached hydrogens (tertiary/aromatic N) is 2. The minimum absolute atomic E-state index is 0.866. The van der Waals surface area contributed by atoms with Gasteiger partial charge in [0.2, 0.25) is 0 Å². The van der Waals surface area contributed by atoms with Gasteiger partial charge in [0.25, 0.3) is 0 Å². The number of carbonyl (C=O) groups is 1. The van der Waals surface area contributed by atoms with Gasteiger partial charge < -0.3 is 5.11 Å². The van der Waals surface area contributed by atoms with Crippen LogP contribution in [0.25, 0.3) is 6.08 Å². The summed E-state index contributed by atoms with van der Waals surface area (Å²) in [6.45, 7) is 1.98. The Labute approximate surface area is 119 Å². The van der Waals surface area contributed by atoms with Crippen molar-refractivity contribution in [1.29, 1.82) is 0 Å². The van der Waals surface area contributed by atoms with Crippen molar-refractivity contribution in [3.8, 4) is 0 Å². The normalized spacial score (nSPS) is 11.3. The number of carboxylic acids is 1. The number of rotatable bonds is 5. The fraction of sp³-hybridized carbons (Fsp3) is 0.231. The molecule has 0 atom stereocenters. The Hall–Kier alpha value is -1.53. The standard InChI is InChI=1S/C13H14N2O2S2/c1-9-7-12(15(2)14-9)18-8-11-4-3-10(19-11)5-6-13(16)17/h3-7H,8H2,1-2H3,(H,16,17). The van der Waals surface area contributed by atoms with Crippen molar-refractivity contribution in [2.75, 3.05) is 0 Å². The van der Waals surface area contributed by atoms with Crippen molar-refractivity contribution in [2.45, 2.75) is 17.7 Å². The summed E-state index contributed by atoms with van der Waals surface area (Å²) in [6.07, 6.45) is 2.78. The third-order valence-electron chi connectivity index (χ3n) is 2.39. The lowest BCUT2D eigenvalue weighted by Crippen LogP contribution is -1.92. The van der Waals surface area contributed by atoms with Crippen LogP contribution in [-0.4, -0.2) is 20.9 Å². The quantitative estimate of drug-likeness (QED) is 0.680. The maximum absolute atomic E-state index is 10.4. The lowest BCUT2D eigenvalue weighted by molar-refractivity contribution is -0.131. The summed E-state index contributed by atoms with van der Waals surface area (Å²) in [6, 6.07) is 6.03. The van der Waals surface area contributed by atoms with Crippen molar-refractivity contribution < 1.29 is 9.90 Å². The Bertz CT molecular complexity index is 614. The second kappa shape index (κ2) is 6.08. The van der Waals surface area contributed by atoms with Crippen LogP contribution >= 0.6 is 23.1 Å². The monoisotopic (exact) mass is 294 g/mol. The van der Waals surface area contributed by atoms with Gasteiger partial charge in [-0.05, 0) is 31.2 Å². The van der Waals surface area contributed by atoms with Crippen LogP contribution in [0.3, 0.4) is 0 Å². The van der Waals surface area contributed by atoms with E-state index in [0.29, 0.717) is 0 Å². The Morgan fingerprint density at radius 3 is 3.00 bits per heavy atom. The van der Waals surface area contributed by atoms with Crippen molar-refractivity contribution in [2.24, 2.45) is 7.05 Å². The van der Waals surface area contributed by atoms with E-state index in [1.165, 1.54) is 4.88 Å². The van der Waals surface area contributed by atoms with Crippen LogP contribution in [-0.2, 0) is 17.6 Å². The fourth-order valence-electron chi connectivity index (χ4n) is 1.58. The van der Waals surface area contributed by atoms with Gasteiger partial charge in [-0.25, -0.2) is 4.79 Å². The number of thioether (sulfide) groups is 1. The van der Waals surface area contributed by atoms with Gasteiger partial charge in [-0.15, -0.1) is 23.1 Å². The number of thiophene rings is 1. The molecule has 0 saturated heterocycles. The number of hydrogen-bond donors (Lipinski definition) is 1. The van der Waals surface area contributed by atoms with E-state index in [1.807, 2.05) is 30.8 Å². The van der Waals surface area contributed by atoms with Gasteiger partial charge in [0.1, 0.15) is 0 Å². The maximum Gasteiger partial charge on any atom is 0.328 e. The number of hydrogen-bond acceptors (Lipinski definition) is 4. The summed E-state index contributed by atoms with van der Waals surface area (Å²) in [5.41, 5.74) is 1.02. The van der Waals surface area contributed by atoms with E-state index in [0.717, 1.165) is 27.4 Å². The average molecular weight is 294 g/mol. The molecule has 1 N–H and O–H groups in total. The Kier molecular flexibility index (Phi) is 4.44. The van der Waals surface area contributed by atoms with E-state index in [9.17, 15) is 4.79 Å². The molecule has 0 aliphatic rings. The largest absolute Gasteiger partial charge is 0.478 e. The maximum atomic E-state index is 10.4. The molecule has 2 heterocycles. The first-order chi connectivity index (χ1) is 9.04. The second-order valence-corrected chi connectivity index (χ2v) is 6.21. The molecule has 0 radical (unpaired) electrons. The van der Waals surface area contributed by atoms with E-state index in [2.05, 4.69) is 11.2 Å². The smallest absolute Gasteiger partial charge is 0.328 e. The zero-order valence-electron chi connectivity index (χ0n) is 10.7. The summed E-state index contributed by atoms with van der Waals surface area (Å²) in [7, 11) is 1.94. The molecule has 0 aliphatic heterocycles. The molecule has 2 aromatic heterocycles. The molecule has 0 spiro atoms. The molecule has 100 valence electrons. The van der Waals surface area contributed by atoms with Crippen molar-refractivity contribution in [3.05, 3.63) is 39.7 Å². The van der Waals surface area contributed by atoms with E-state index in [4.69, 9.17) is 5.11 Å². The van der Waals surface area contributed by atoms with Crippen molar-refractivity contribution in [1.82, 2.24) is 9.78 Å². The van der Waals surface area contributed by atoms with Gasteiger partial charge in [0.15, 0.2) is 0 Å². The highest BCUT2D eigenvalue weighted by Crippen LogP contribution is 2.27. The van der Waals surface area contributed by atoms with Crippen LogP contribution in [0.15, 0.2) is 29.3 Å². The van der Waals surface area contributed by atoms with E-state index in [-0.39, 0.29) is 0 Å². The van der Waals surface area contributed by atoms with Gasteiger partial charge in [-0.1, -0.05) is 0 Å². The highest BCUT2D eigenvalue weighted by Gasteiger charge is 2.04. The predicted octanol–water partition coefficient (Wildman–Crippen LogP) is 3.18. The van der Waals surface area contributed by atoms with E-state index >= 15 is 0 Å². The summed E-state index contributed by atoms with van der Waals surface area (Å²) in [4.78, 5) is 12.6. The average Bonchev–Trinajstić information content (AvgIpc) is 2.91. The molecule has 0 fully saturated rings. The summed E-state index contributed by atoms with van der Waals surface area (Å²) < 4.78 is 1.87. The topological polar surface area (TPSA) is 55.1 Å². The van der Waals surface area contributed by atoms with Crippen LogP contribution in [0, 0.1) is 6.92 Å². The fourth-order valence-corrected chi connectivity index (χ4v) is 3.57. The second-order valence-electron chi connectivity index (χ2n) is 4.01. The molecule has 0 saturated carbocycles. The third kappa shape index (κ3) is 3.97. The van der Waals surface area contributed by atoms with Gasteiger partial charge in [-0.2, -0.15) is 5.10 Å². The SMILES string of the molecule is Cc1cc(SCc2ccc(C=CC(=O)O)s2)n(C)n1.